The van der Waals surface area contributed by atoms with E-state index in [-0.39, 0.29) is 17.0 Å². The van der Waals surface area contributed by atoms with Crippen LogP contribution in [0, 0.1) is 0 Å². The summed E-state index contributed by atoms with van der Waals surface area (Å²) in [6.07, 6.45) is 4.06. The van der Waals surface area contributed by atoms with Gasteiger partial charge < -0.3 is 10.1 Å². The topological polar surface area (TPSA) is 90.3 Å². The highest BCUT2D eigenvalue weighted by atomic mass is 16.5. The van der Waals surface area contributed by atoms with Crippen LogP contribution in [0.5, 0.6) is 0 Å². The molecular weight excluding hydrogens is 370 g/mol. The van der Waals surface area contributed by atoms with Gasteiger partial charge >= 0.3 is 5.97 Å². The summed E-state index contributed by atoms with van der Waals surface area (Å²) in [6, 6.07) is 4.75. The van der Waals surface area contributed by atoms with Crippen LogP contribution in [-0.2, 0) is 22.5 Å². The van der Waals surface area contributed by atoms with Crippen LogP contribution >= 0.6 is 0 Å². The van der Waals surface area contributed by atoms with E-state index < -0.39 is 17.6 Å². The zero-order valence-electron chi connectivity index (χ0n) is 17.6. The van der Waals surface area contributed by atoms with Crippen molar-refractivity contribution < 1.29 is 14.3 Å². The highest BCUT2D eigenvalue weighted by Crippen LogP contribution is 2.17. The predicted octanol–water partition coefficient (Wildman–Crippen LogP) is 2.97. The Kier molecular flexibility index (Phi) is 6.05. The van der Waals surface area contributed by atoms with Crippen molar-refractivity contribution in [1.82, 2.24) is 14.9 Å². The molecule has 2 aromatic rings. The number of hydrogen-bond acceptors (Lipinski definition) is 5. The highest BCUT2D eigenvalue weighted by molar-refractivity contribution is 5.95. The molecule has 2 heterocycles. The third-order valence-corrected chi connectivity index (χ3v) is 4.95. The molecule has 1 aromatic heterocycles. The molecule has 1 amide bonds. The van der Waals surface area contributed by atoms with Gasteiger partial charge in [0.2, 0.25) is 0 Å². The minimum atomic E-state index is -0.924. The van der Waals surface area contributed by atoms with E-state index in [1.165, 1.54) is 6.92 Å². The molecule has 0 saturated heterocycles. The lowest BCUT2D eigenvalue weighted by atomic mass is 10.1. The van der Waals surface area contributed by atoms with Gasteiger partial charge in [-0.05, 0) is 58.7 Å². The van der Waals surface area contributed by atoms with Gasteiger partial charge in [0, 0.05) is 18.5 Å². The van der Waals surface area contributed by atoms with Crippen molar-refractivity contribution in [2.45, 2.75) is 78.0 Å². The fourth-order valence-electron chi connectivity index (χ4n) is 3.48. The first kappa shape index (κ1) is 21.0. The lowest BCUT2D eigenvalue weighted by Gasteiger charge is -2.23. The van der Waals surface area contributed by atoms with Crippen molar-refractivity contribution >= 4 is 22.8 Å². The third kappa shape index (κ3) is 5.02. The molecule has 0 fully saturated rings. The van der Waals surface area contributed by atoms with E-state index in [0.29, 0.717) is 17.4 Å². The fourth-order valence-corrected chi connectivity index (χ4v) is 3.48. The number of fused-ring (bicyclic) bond motifs is 2. The van der Waals surface area contributed by atoms with Gasteiger partial charge in [-0.2, -0.15) is 0 Å². The molecule has 1 N–H and O–H groups in total. The van der Waals surface area contributed by atoms with Gasteiger partial charge in [0.15, 0.2) is 6.10 Å². The zero-order chi connectivity index (χ0) is 21.2. The van der Waals surface area contributed by atoms with Crippen molar-refractivity contribution in [2.24, 2.45) is 0 Å². The van der Waals surface area contributed by atoms with E-state index in [4.69, 9.17) is 4.74 Å². The molecule has 1 aliphatic heterocycles. The maximum Gasteiger partial charge on any atom is 0.338 e. The van der Waals surface area contributed by atoms with Gasteiger partial charge in [0.1, 0.15) is 5.82 Å². The van der Waals surface area contributed by atoms with Crippen LogP contribution in [0.15, 0.2) is 23.0 Å². The molecule has 1 aliphatic rings. The number of hydrogen-bond donors (Lipinski definition) is 1. The molecule has 1 atom stereocenters. The summed E-state index contributed by atoms with van der Waals surface area (Å²) in [5.41, 5.74) is 0.284. The molecule has 0 unspecified atom stereocenters. The fraction of sp³-hybridized carbons (Fsp3) is 0.545. The van der Waals surface area contributed by atoms with Gasteiger partial charge in [-0.1, -0.05) is 12.8 Å². The molecule has 0 spiro atoms. The maximum atomic E-state index is 12.9. The van der Waals surface area contributed by atoms with Gasteiger partial charge in [-0.25, -0.2) is 9.78 Å². The third-order valence-electron chi connectivity index (χ3n) is 4.95. The van der Waals surface area contributed by atoms with E-state index in [2.05, 4.69) is 10.3 Å². The monoisotopic (exact) mass is 399 g/mol. The van der Waals surface area contributed by atoms with Gasteiger partial charge in [0.05, 0.1) is 16.5 Å². The van der Waals surface area contributed by atoms with Gasteiger partial charge in [-0.15, -0.1) is 0 Å². The van der Waals surface area contributed by atoms with Gasteiger partial charge in [0.25, 0.3) is 11.5 Å². The molecule has 0 aliphatic carbocycles. The molecule has 0 radical (unpaired) electrons. The molecule has 3 rings (SSSR count). The molecule has 156 valence electrons. The lowest BCUT2D eigenvalue weighted by molar-refractivity contribution is -0.130. The van der Waals surface area contributed by atoms with Crippen LogP contribution in [0.1, 0.15) is 69.6 Å². The highest BCUT2D eigenvalue weighted by Gasteiger charge is 2.23. The Hall–Kier alpha value is -2.70. The number of ether oxygens (including phenoxy) is 1. The second-order valence-electron chi connectivity index (χ2n) is 8.67. The lowest BCUT2D eigenvalue weighted by Crippen LogP contribution is -2.46. The number of aromatic nitrogens is 2. The largest absolute Gasteiger partial charge is 0.449 e. The summed E-state index contributed by atoms with van der Waals surface area (Å²) >= 11 is 0. The summed E-state index contributed by atoms with van der Waals surface area (Å²) in [7, 11) is 0. The van der Waals surface area contributed by atoms with Crippen molar-refractivity contribution in [3.05, 3.63) is 39.9 Å². The first-order valence-corrected chi connectivity index (χ1v) is 10.2. The standard InChI is InChI=1S/C22H29N3O4/c1-14(19(26)24-22(2,3)4)29-21(28)15-10-11-16-17(13-15)23-18-9-7-5-6-8-12-25(18)20(16)27/h10-11,13-14H,5-9,12H2,1-4H3,(H,24,26)/t14-/m0/s1. The second-order valence-corrected chi connectivity index (χ2v) is 8.67. The number of rotatable bonds is 3. The smallest absolute Gasteiger partial charge is 0.338 e. The average Bonchev–Trinajstić information content (AvgIpc) is 2.61. The second kappa shape index (κ2) is 8.35. The van der Waals surface area contributed by atoms with E-state index in [1.807, 2.05) is 20.8 Å². The molecule has 7 heteroatoms. The zero-order valence-corrected chi connectivity index (χ0v) is 17.6. The van der Waals surface area contributed by atoms with Crippen molar-refractivity contribution in [1.29, 1.82) is 0 Å². The van der Waals surface area contributed by atoms with Crippen LogP contribution in [-0.4, -0.2) is 33.1 Å². The van der Waals surface area contributed by atoms with Crippen molar-refractivity contribution in [2.75, 3.05) is 0 Å². The number of nitrogens with one attached hydrogen (secondary N) is 1. The van der Waals surface area contributed by atoms with E-state index in [0.717, 1.165) is 37.9 Å². The number of benzene rings is 1. The Morgan fingerprint density at radius 1 is 1.17 bits per heavy atom. The summed E-state index contributed by atoms with van der Waals surface area (Å²) < 4.78 is 7.07. The van der Waals surface area contributed by atoms with Crippen LogP contribution in [0.2, 0.25) is 0 Å². The van der Waals surface area contributed by atoms with E-state index in [9.17, 15) is 14.4 Å². The maximum absolute atomic E-state index is 12.9. The number of carbonyl (C=O) groups is 2. The van der Waals surface area contributed by atoms with Crippen molar-refractivity contribution in [3.63, 3.8) is 0 Å². The number of nitrogens with zero attached hydrogens (tertiary/aromatic N) is 2. The Morgan fingerprint density at radius 3 is 2.62 bits per heavy atom. The van der Waals surface area contributed by atoms with Crippen molar-refractivity contribution in [3.8, 4) is 0 Å². The minimum absolute atomic E-state index is 0.0651. The number of amides is 1. The SMILES string of the molecule is C[C@H](OC(=O)c1ccc2c(=O)n3c(nc2c1)CCCCCC3)C(=O)NC(C)(C)C. The molecule has 29 heavy (non-hydrogen) atoms. The molecular formula is C22H29N3O4. The predicted molar refractivity (Wildman–Crippen MR) is 111 cm³/mol. The van der Waals surface area contributed by atoms with Gasteiger partial charge in [-0.3, -0.25) is 14.2 Å². The average molecular weight is 399 g/mol. The number of esters is 1. The van der Waals surface area contributed by atoms with Crippen LogP contribution < -0.4 is 10.9 Å². The summed E-state index contributed by atoms with van der Waals surface area (Å²) in [4.78, 5) is 42.2. The van der Waals surface area contributed by atoms with Crippen LogP contribution in [0.4, 0.5) is 0 Å². The first-order valence-electron chi connectivity index (χ1n) is 10.2. The molecule has 0 saturated carbocycles. The number of carbonyl (C=O) groups excluding carboxylic acids is 2. The summed E-state index contributed by atoms with van der Waals surface area (Å²) in [5.74, 6) is -0.202. The summed E-state index contributed by atoms with van der Waals surface area (Å²) in [5, 5.41) is 3.28. The molecule has 0 bridgehead atoms. The normalized spacial score (nSPS) is 15.7. The Balaban J connectivity index is 1.85. The first-order chi connectivity index (χ1) is 13.7. The Bertz CT molecular complexity index is 988. The quantitative estimate of drug-likeness (QED) is 0.802. The van der Waals surface area contributed by atoms with E-state index in [1.54, 1.807) is 22.8 Å². The number of aryl methyl sites for hydroxylation is 1. The van der Waals surface area contributed by atoms with Crippen LogP contribution in [0.3, 0.4) is 0 Å². The molecule has 7 nitrogen and oxygen atoms in total. The van der Waals surface area contributed by atoms with Crippen LogP contribution in [0.25, 0.3) is 10.9 Å². The Morgan fingerprint density at radius 2 is 1.90 bits per heavy atom. The molecule has 1 aromatic carbocycles. The Labute approximate surface area is 170 Å². The minimum Gasteiger partial charge on any atom is -0.449 e. The summed E-state index contributed by atoms with van der Waals surface area (Å²) in [6.45, 7) is 7.79. The van der Waals surface area contributed by atoms with E-state index >= 15 is 0 Å².